The van der Waals surface area contributed by atoms with Gasteiger partial charge in [-0.05, 0) is 46.8 Å². The second-order valence-electron chi connectivity index (χ2n) is 3.69. The van der Waals surface area contributed by atoms with Crippen LogP contribution in [0.2, 0.25) is 0 Å². The van der Waals surface area contributed by atoms with Crippen molar-refractivity contribution in [3.63, 3.8) is 0 Å². The first-order valence-electron chi connectivity index (χ1n) is 4.84. The van der Waals surface area contributed by atoms with E-state index >= 15 is 0 Å². The Hall–Kier alpha value is 0.430. The van der Waals surface area contributed by atoms with Gasteiger partial charge in [-0.15, -0.1) is 22.9 Å². The molecule has 1 nitrogen and oxygen atoms in total. The van der Waals surface area contributed by atoms with E-state index < -0.39 is 0 Å². The Morgan fingerprint density at radius 1 is 1.57 bits per heavy atom. The third kappa shape index (κ3) is 3.23. The highest BCUT2D eigenvalue weighted by Gasteiger charge is 2.29. The van der Waals surface area contributed by atoms with Crippen LogP contribution in [0.25, 0.3) is 0 Å². The lowest BCUT2D eigenvalue weighted by Gasteiger charge is -2.08. The van der Waals surface area contributed by atoms with Crippen molar-refractivity contribution in [2.45, 2.75) is 24.8 Å². The topological polar surface area (TPSA) is 12.0 Å². The molecular weight excluding hydrogens is 282 g/mol. The predicted molar refractivity (Wildman–Crippen MR) is 66.1 cm³/mol. The van der Waals surface area contributed by atoms with Crippen molar-refractivity contribution in [1.29, 1.82) is 0 Å². The molecule has 0 bridgehead atoms. The van der Waals surface area contributed by atoms with Gasteiger partial charge in [0.25, 0.3) is 0 Å². The SMILES string of the molecule is ClC(CNCc1ccc(Br)s1)C1CC1. The van der Waals surface area contributed by atoms with Gasteiger partial charge in [0.2, 0.25) is 0 Å². The summed E-state index contributed by atoms with van der Waals surface area (Å²) in [6.45, 7) is 1.87. The molecule has 1 aliphatic rings. The number of thiophene rings is 1. The molecule has 0 aliphatic heterocycles. The summed E-state index contributed by atoms with van der Waals surface area (Å²) < 4.78 is 1.19. The number of halogens is 2. The minimum atomic E-state index is 0.332. The molecular formula is C10H13BrClNS. The summed E-state index contributed by atoms with van der Waals surface area (Å²) in [5.41, 5.74) is 0. The van der Waals surface area contributed by atoms with Gasteiger partial charge in [0.15, 0.2) is 0 Å². The van der Waals surface area contributed by atoms with Crippen molar-refractivity contribution in [1.82, 2.24) is 5.32 Å². The van der Waals surface area contributed by atoms with Gasteiger partial charge in [-0.1, -0.05) is 0 Å². The largest absolute Gasteiger partial charge is 0.310 e. The quantitative estimate of drug-likeness (QED) is 0.818. The summed E-state index contributed by atoms with van der Waals surface area (Å²) in [4.78, 5) is 1.36. The van der Waals surface area contributed by atoms with Crippen LogP contribution in [-0.2, 0) is 6.54 Å². The van der Waals surface area contributed by atoms with Crippen LogP contribution in [0, 0.1) is 5.92 Å². The first kappa shape index (κ1) is 10.9. The Kier molecular flexibility index (Phi) is 3.88. The Morgan fingerprint density at radius 3 is 2.93 bits per heavy atom. The van der Waals surface area contributed by atoms with Gasteiger partial charge in [0, 0.05) is 23.3 Å². The monoisotopic (exact) mass is 293 g/mol. The summed E-state index contributed by atoms with van der Waals surface area (Å²) in [6.07, 6.45) is 2.64. The van der Waals surface area contributed by atoms with E-state index in [2.05, 4.69) is 33.4 Å². The van der Waals surface area contributed by atoms with E-state index in [1.54, 1.807) is 11.3 Å². The van der Waals surface area contributed by atoms with E-state index in [1.165, 1.54) is 21.5 Å². The fourth-order valence-electron chi connectivity index (χ4n) is 1.40. The van der Waals surface area contributed by atoms with Crippen LogP contribution in [0.5, 0.6) is 0 Å². The van der Waals surface area contributed by atoms with Gasteiger partial charge in [-0.2, -0.15) is 0 Å². The normalized spacial score (nSPS) is 18.4. The van der Waals surface area contributed by atoms with Gasteiger partial charge in [-0.25, -0.2) is 0 Å². The van der Waals surface area contributed by atoms with Crippen molar-refractivity contribution in [2.75, 3.05) is 6.54 Å². The third-order valence-electron chi connectivity index (χ3n) is 2.40. The molecule has 1 N–H and O–H groups in total. The zero-order chi connectivity index (χ0) is 9.97. The minimum Gasteiger partial charge on any atom is -0.310 e. The van der Waals surface area contributed by atoms with E-state index in [4.69, 9.17) is 11.6 Å². The zero-order valence-electron chi connectivity index (χ0n) is 7.80. The summed E-state index contributed by atoms with van der Waals surface area (Å²) in [7, 11) is 0. The Labute approximate surface area is 102 Å². The van der Waals surface area contributed by atoms with Crippen LogP contribution >= 0.6 is 38.9 Å². The molecule has 1 heterocycles. The number of alkyl halides is 1. The molecule has 0 radical (unpaired) electrons. The van der Waals surface area contributed by atoms with Crippen molar-refractivity contribution in [3.05, 3.63) is 20.8 Å². The van der Waals surface area contributed by atoms with E-state index in [9.17, 15) is 0 Å². The molecule has 78 valence electrons. The van der Waals surface area contributed by atoms with Gasteiger partial charge in [0.05, 0.1) is 3.79 Å². The lowest BCUT2D eigenvalue weighted by Crippen LogP contribution is -2.23. The minimum absolute atomic E-state index is 0.332. The summed E-state index contributed by atoms with van der Waals surface area (Å²) in [6, 6.07) is 4.23. The van der Waals surface area contributed by atoms with E-state index in [-0.39, 0.29) is 0 Å². The molecule has 1 fully saturated rings. The molecule has 4 heteroatoms. The van der Waals surface area contributed by atoms with Crippen molar-refractivity contribution in [2.24, 2.45) is 5.92 Å². The molecule has 0 saturated heterocycles. The molecule has 1 aromatic heterocycles. The fourth-order valence-corrected chi connectivity index (χ4v) is 3.22. The molecule has 2 rings (SSSR count). The maximum atomic E-state index is 6.18. The lowest BCUT2D eigenvalue weighted by molar-refractivity contribution is 0.623. The molecule has 1 unspecified atom stereocenters. The molecule has 1 saturated carbocycles. The van der Waals surface area contributed by atoms with E-state index in [1.807, 2.05) is 0 Å². The Balaban J connectivity index is 1.67. The Bertz CT molecular complexity index is 298. The summed E-state index contributed by atoms with van der Waals surface area (Å²) in [5, 5.41) is 3.73. The molecule has 14 heavy (non-hydrogen) atoms. The predicted octanol–water partition coefficient (Wildman–Crippen LogP) is 3.62. The molecule has 1 aliphatic carbocycles. The second kappa shape index (κ2) is 4.97. The van der Waals surface area contributed by atoms with Crippen LogP contribution in [0.3, 0.4) is 0 Å². The smallest absolute Gasteiger partial charge is 0.0701 e. The van der Waals surface area contributed by atoms with E-state index in [0.717, 1.165) is 19.0 Å². The maximum Gasteiger partial charge on any atom is 0.0701 e. The highest BCUT2D eigenvalue weighted by Crippen LogP contribution is 2.35. The number of hydrogen-bond acceptors (Lipinski definition) is 2. The van der Waals surface area contributed by atoms with Crippen LogP contribution in [-0.4, -0.2) is 11.9 Å². The standard InChI is InChI=1S/C10H13BrClNS/c11-10-4-3-8(14-10)5-13-6-9(12)7-1-2-7/h3-4,7,9,13H,1-2,5-6H2. The van der Waals surface area contributed by atoms with Crippen LogP contribution in [0.1, 0.15) is 17.7 Å². The molecule has 0 amide bonds. The van der Waals surface area contributed by atoms with Gasteiger partial charge < -0.3 is 5.32 Å². The van der Waals surface area contributed by atoms with Crippen molar-refractivity contribution in [3.8, 4) is 0 Å². The van der Waals surface area contributed by atoms with E-state index in [0.29, 0.717) is 5.38 Å². The zero-order valence-corrected chi connectivity index (χ0v) is 11.0. The van der Waals surface area contributed by atoms with Crippen molar-refractivity contribution < 1.29 is 0 Å². The Morgan fingerprint density at radius 2 is 2.36 bits per heavy atom. The number of hydrogen-bond donors (Lipinski definition) is 1. The molecule has 1 atom stereocenters. The van der Waals surface area contributed by atoms with Gasteiger partial charge >= 0.3 is 0 Å². The first-order valence-corrected chi connectivity index (χ1v) is 6.89. The second-order valence-corrected chi connectivity index (χ2v) is 6.80. The average Bonchev–Trinajstić information content (AvgIpc) is 2.92. The lowest BCUT2D eigenvalue weighted by atomic mass is 10.3. The molecule has 0 aromatic carbocycles. The fraction of sp³-hybridized carbons (Fsp3) is 0.600. The maximum absolute atomic E-state index is 6.18. The number of nitrogens with one attached hydrogen (secondary N) is 1. The summed E-state index contributed by atoms with van der Waals surface area (Å²) >= 11 is 11.4. The van der Waals surface area contributed by atoms with Crippen LogP contribution < -0.4 is 5.32 Å². The van der Waals surface area contributed by atoms with Crippen LogP contribution in [0.4, 0.5) is 0 Å². The first-order chi connectivity index (χ1) is 6.75. The van der Waals surface area contributed by atoms with Gasteiger partial charge in [0.1, 0.15) is 0 Å². The average molecular weight is 295 g/mol. The summed E-state index contributed by atoms with van der Waals surface area (Å²) in [5.74, 6) is 0.777. The molecule has 0 spiro atoms. The highest BCUT2D eigenvalue weighted by molar-refractivity contribution is 9.11. The molecule has 1 aromatic rings. The highest BCUT2D eigenvalue weighted by atomic mass is 79.9. The van der Waals surface area contributed by atoms with Gasteiger partial charge in [-0.3, -0.25) is 0 Å². The number of rotatable bonds is 5. The van der Waals surface area contributed by atoms with Crippen molar-refractivity contribution >= 4 is 38.9 Å². The van der Waals surface area contributed by atoms with Crippen LogP contribution in [0.15, 0.2) is 15.9 Å². The third-order valence-corrected chi connectivity index (χ3v) is 4.54.